The second-order valence-corrected chi connectivity index (χ2v) is 23.7. The van der Waals surface area contributed by atoms with E-state index in [0.717, 1.165) is 77.0 Å². The lowest BCUT2D eigenvalue weighted by Crippen LogP contribution is -2.47. The molecule has 0 aliphatic rings. The first-order valence-corrected chi connectivity index (χ1v) is 32.5. The Bertz CT molecular complexity index is 1390. The van der Waals surface area contributed by atoms with Crippen molar-refractivity contribution in [1.29, 1.82) is 0 Å². The first kappa shape index (κ1) is 71.0. The molecule has 3 atom stereocenters. The zero-order valence-electron chi connectivity index (χ0n) is 48.9. The highest BCUT2D eigenvalue weighted by Crippen LogP contribution is 2.43. The van der Waals surface area contributed by atoms with Gasteiger partial charge in [-0.05, 0) is 51.0 Å². The fraction of sp³-hybridized carbons (Fsp3) is 0.841. The number of carbonyl (C=O) groups is 2. The Morgan fingerprint density at radius 1 is 0.493 bits per heavy atom. The zero-order valence-corrected chi connectivity index (χ0v) is 49.8. The summed E-state index contributed by atoms with van der Waals surface area (Å²) in [6.07, 6.45) is 65.3. The van der Waals surface area contributed by atoms with Crippen LogP contribution >= 0.6 is 7.82 Å². The number of hydrogen-bond acceptors (Lipinski definition) is 6. The van der Waals surface area contributed by atoms with Crippen molar-refractivity contribution in [2.24, 2.45) is 0 Å². The van der Waals surface area contributed by atoms with Crippen LogP contribution in [0.5, 0.6) is 0 Å². The van der Waals surface area contributed by atoms with E-state index in [4.69, 9.17) is 13.8 Å². The van der Waals surface area contributed by atoms with E-state index in [1.165, 1.54) is 180 Å². The Morgan fingerprint density at radius 2 is 0.877 bits per heavy atom. The van der Waals surface area contributed by atoms with Crippen molar-refractivity contribution in [3.63, 3.8) is 0 Å². The molecule has 0 bridgehead atoms. The second kappa shape index (κ2) is 53.4. The van der Waals surface area contributed by atoms with Crippen LogP contribution in [0.1, 0.15) is 290 Å². The lowest BCUT2D eigenvalue weighted by molar-refractivity contribution is -0.870. The molecule has 3 unspecified atom stereocenters. The molecule has 0 saturated carbocycles. The van der Waals surface area contributed by atoms with E-state index in [1.807, 2.05) is 33.3 Å². The quantitative estimate of drug-likeness (QED) is 0.0156. The lowest BCUT2D eigenvalue weighted by Gasteiger charge is -2.27. The molecule has 73 heavy (non-hydrogen) atoms. The number of allylic oxidation sites excluding steroid dienone is 7. The van der Waals surface area contributed by atoms with E-state index in [0.29, 0.717) is 23.9 Å². The molecule has 0 saturated heterocycles. The first-order chi connectivity index (χ1) is 35.4. The summed E-state index contributed by atoms with van der Waals surface area (Å²) in [4.78, 5) is 37.7. The SMILES string of the molecule is CC/C=C/C=C/C=C/CCCCCCCCCC(=O)NC(COP(=O)(O)OCC[N+](C)(C)C)C(/C=C/CCCCCCCCCCCCC)OC(=O)CCCCCCCCCCCCCCCCCCCCC. The molecule has 2 N–H and O–H groups in total. The number of likely N-dealkylation sites (N-methyl/N-ethyl adjacent to an activating group) is 1. The van der Waals surface area contributed by atoms with Crippen molar-refractivity contribution in [1.82, 2.24) is 5.32 Å². The van der Waals surface area contributed by atoms with Gasteiger partial charge in [0, 0.05) is 12.8 Å². The number of carbonyl (C=O) groups excluding carboxylic acids is 2. The Balaban J connectivity index is 5.26. The van der Waals surface area contributed by atoms with Gasteiger partial charge in [0.05, 0.1) is 33.8 Å². The van der Waals surface area contributed by atoms with Gasteiger partial charge in [-0.2, -0.15) is 0 Å². The van der Waals surface area contributed by atoms with Crippen molar-refractivity contribution in [2.75, 3.05) is 40.9 Å². The average Bonchev–Trinajstić information content (AvgIpc) is 3.35. The van der Waals surface area contributed by atoms with Crippen LogP contribution in [0.3, 0.4) is 0 Å². The van der Waals surface area contributed by atoms with Gasteiger partial charge in [0.2, 0.25) is 5.91 Å². The minimum atomic E-state index is -4.45. The third kappa shape index (κ3) is 54.6. The fourth-order valence-electron chi connectivity index (χ4n) is 9.06. The van der Waals surface area contributed by atoms with E-state index in [2.05, 4.69) is 62.5 Å². The number of rotatable bonds is 56. The van der Waals surface area contributed by atoms with E-state index in [1.54, 1.807) is 0 Å². The number of phosphoric ester groups is 1. The highest BCUT2D eigenvalue weighted by molar-refractivity contribution is 7.47. The summed E-state index contributed by atoms with van der Waals surface area (Å²) in [5.74, 6) is -0.508. The molecule has 0 rings (SSSR count). The average molecular weight is 1050 g/mol. The molecule has 0 radical (unpaired) electrons. The Morgan fingerprint density at radius 3 is 1.30 bits per heavy atom. The van der Waals surface area contributed by atoms with Gasteiger partial charge in [0.15, 0.2) is 0 Å². The predicted molar refractivity (Wildman–Crippen MR) is 314 cm³/mol. The van der Waals surface area contributed by atoms with Crippen LogP contribution in [0.15, 0.2) is 48.6 Å². The van der Waals surface area contributed by atoms with Crippen LogP contribution in [0.2, 0.25) is 0 Å². The standard InChI is InChI=1S/C63H119N2O7P/c1-7-10-13-16-19-22-25-28-30-31-32-33-35-38-41-44-47-50-53-56-63(67)72-61(54-51-48-45-42-39-36-27-24-21-18-15-12-9-3)60(59-71-73(68,69)70-58-57-65(4,5)6)64-62(66)55-52-49-46-43-40-37-34-29-26-23-20-17-14-11-8-2/h11,14,17,20,23,26,51,54,60-61H,7-10,12-13,15-16,18-19,21-22,24-25,27-50,52-53,55-59H2,1-6H3,(H-,64,66,68,69)/p+1/b14-11+,20-17+,26-23+,54-51+. The predicted octanol–water partition coefficient (Wildman–Crippen LogP) is 18.9. The van der Waals surface area contributed by atoms with Gasteiger partial charge in [0.25, 0.3) is 0 Å². The minimum Gasteiger partial charge on any atom is -0.456 e. The summed E-state index contributed by atoms with van der Waals surface area (Å²) in [6.45, 7) is 6.91. The summed E-state index contributed by atoms with van der Waals surface area (Å²) in [6, 6.07) is -0.852. The molecule has 0 aliphatic heterocycles. The van der Waals surface area contributed by atoms with Crippen molar-refractivity contribution < 1.29 is 37.3 Å². The number of amides is 1. The Kier molecular flexibility index (Phi) is 51.9. The van der Waals surface area contributed by atoms with Crippen molar-refractivity contribution in [3.8, 4) is 0 Å². The maximum Gasteiger partial charge on any atom is 0.472 e. The largest absolute Gasteiger partial charge is 0.472 e. The summed E-state index contributed by atoms with van der Waals surface area (Å²) in [7, 11) is 1.49. The molecule has 10 heteroatoms. The van der Waals surface area contributed by atoms with E-state index < -0.39 is 20.0 Å². The Hall–Kier alpha value is -2.03. The van der Waals surface area contributed by atoms with E-state index in [-0.39, 0.29) is 25.1 Å². The van der Waals surface area contributed by atoms with Crippen LogP contribution in [-0.2, 0) is 27.9 Å². The van der Waals surface area contributed by atoms with Gasteiger partial charge in [-0.1, -0.05) is 275 Å². The topological polar surface area (TPSA) is 111 Å². The van der Waals surface area contributed by atoms with Gasteiger partial charge in [-0.3, -0.25) is 18.6 Å². The Labute approximate surface area is 452 Å². The molecule has 0 heterocycles. The van der Waals surface area contributed by atoms with Gasteiger partial charge >= 0.3 is 13.8 Å². The molecule has 0 aromatic rings. The van der Waals surface area contributed by atoms with Gasteiger partial charge in [-0.25, -0.2) is 4.57 Å². The number of hydrogen-bond donors (Lipinski definition) is 2. The number of phosphoric acid groups is 1. The third-order valence-electron chi connectivity index (χ3n) is 13.8. The highest BCUT2D eigenvalue weighted by atomic mass is 31.2. The lowest BCUT2D eigenvalue weighted by atomic mass is 10.0. The fourth-order valence-corrected chi connectivity index (χ4v) is 9.80. The monoisotopic (exact) mass is 1050 g/mol. The van der Waals surface area contributed by atoms with Crippen molar-refractivity contribution >= 4 is 19.7 Å². The van der Waals surface area contributed by atoms with Gasteiger partial charge in [0.1, 0.15) is 19.3 Å². The normalized spacial score (nSPS) is 14.0. The van der Waals surface area contributed by atoms with E-state index >= 15 is 0 Å². The second-order valence-electron chi connectivity index (χ2n) is 22.3. The number of quaternary nitrogens is 1. The van der Waals surface area contributed by atoms with Gasteiger partial charge in [-0.15, -0.1) is 0 Å². The molecule has 0 aromatic heterocycles. The maximum atomic E-state index is 13.5. The van der Waals surface area contributed by atoms with Crippen LogP contribution in [-0.4, -0.2) is 74.3 Å². The molecule has 0 spiro atoms. The van der Waals surface area contributed by atoms with Crippen LogP contribution in [0, 0.1) is 0 Å². The highest BCUT2D eigenvalue weighted by Gasteiger charge is 2.30. The molecule has 0 aliphatic carbocycles. The van der Waals surface area contributed by atoms with Crippen LogP contribution < -0.4 is 5.32 Å². The molecule has 0 fully saturated rings. The smallest absolute Gasteiger partial charge is 0.456 e. The van der Waals surface area contributed by atoms with Gasteiger partial charge < -0.3 is 19.4 Å². The number of ether oxygens (including phenoxy) is 1. The molecule has 1 amide bonds. The molecule has 428 valence electrons. The van der Waals surface area contributed by atoms with E-state index in [9.17, 15) is 19.0 Å². The molecular weight excluding hydrogens is 928 g/mol. The first-order valence-electron chi connectivity index (χ1n) is 31.0. The summed E-state index contributed by atoms with van der Waals surface area (Å²) >= 11 is 0. The minimum absolute atomic E-state index is 0.0386. The maximum absolute atomic E-state index is 13.5. The zero-order chi connectivity index (χ0) is 53.6. The number of esters is 1. The summed E-state index contributed by atoms with van der Waals surface area (Å²) < 4.78 is 30.7. The number of nitrogens with zero attached hydrogens (tertiary/aromatic N) is 1. The molecular formula is C63H120N2O7P+. The number of nitrogens with one attached hydrogen (secondary N) is 1. The summed E-state index contributed by atoms with van der Waals surface area (Å²) in [5.41, 5.74) is 0. The van der Waals surface area contributed by atoms with Crippen molar-refractivity contribution in [3.05, 3.63) is 48.6 Å². The van der Waals surface area contributed by atoms with Crippen LogP contribution in [0.4, 0.5) is 0 Å². The summed E-state index contributed by atoms with van der Waals surface area (Å²) in [5, 5.41) is 3.05. The number of unbranched alkanes of at least 4 members (excludes halogenated alkanes) is 36. The van der Waals surface area contributed by atoms with Crippen molar-refractivity contribution in [2.45, 2.75) is 303 Å². The molecule has 0 aromatic carbocycles. The molecule has 9 nitrogen and oxygen atoms in total. The third-order valence-corrected chi connectivity index (χ3v) is 14.8. The van der Waals surface area contributed by atoms with Crippen LogP contribution in [0.25, 0.3) is 0 Å².